The highest BCUT2D eigenvalue weighted by Crippen LogP contribution is 2.59. The molecule has 0 aliphatic heterocycles. The van der Waals surface area contributed by atoms with Crippen molar-refractivity contribution in [1.82, 2.24) is 15.2 Å². The summed E-state index contributed by atoms with van der Waals surface area (Å²) in [6.07, 6.45) is 2.06. The van der Waals surface area contributed by atoms with Crippen LogP contribution in [0.15, 0.2) is 30.6 Å². The number of carbonyl (C=O) groups excluding carboxylic acids is 1. The van der Waals surface area contributed by atoms with Crippen LogP contribution in [0.2, 0.25) is 0 Å². The average Bonchev–Trinajstić information content (AvgIpc) is 2.87. The van der Waals surface area contributed by atoms with E-state index in [2.05, 4.69) is 20.5 Å². The summed E-state index contributed by atoms with van der Waals surface area (Å²) in [7, 11) is 0. The van der Waals surface area contributed by atoms with Gasteiger partial charge in [-0.2, -0.15) is 10.1 Å². The van der Waals surface area contributed by atoms with Gasteiger partial charge in [-0.05, 0) is 38.0 Å². The first-order valence-corrected chi connectivity index (χ1v) is 7.87. The zero-order valence-electron chi connectivity index (χ0n) is 12.6. The minimum absolute atomic E-state index is 0.155. The van der Waals surface area contributed by atoms with Crippen LogP contribution in [-0.4, -0.2) is 31.0 Å². The van der Waals surface area contributed by atoms with Crippen molar-refractivity contribution < 1.29 is 9.53 Å². The van der Waals surface area contributed by atoms with Crippen LogP contribution in [0.1, 0.15) is 31.7 Å². The van der Waals surface area contributed by atoms with E-state index in [1.165, 1.54) is 6.33 Å². The second kappa shape index (κ2) is 5.69. The van der Waals surface area contributed by atoms with E-state index in [1.54, 1.807) is 26.0 Å². The summed E-state index contributed by atoms with van der Waals surface area (Å²) in [4.78, 5) is 16.1. The molecule has 1 saturated carbocycles. The number of hydrogen-bond acceptors (Lipinski definition) is 4. The van der Waals surface area contributed by atoms with Gasteiger partial charge in [-0.25, -0.2) is 5.10 Å². The summed E-state index contributed by atoms with van der Waals surface area (Å²) >= 11 is 12.1. The zero-order valence-corrected chi connectivity index (χ0v) is 14.1. The molecule has 1 amide bonds. The third-order valence-electron chi connectivity index (χ3n) is 3.68. The average molecular weight is 355 g/mol. The van der Waals surface area contributed by atoms with Gasteiger partial charge in [0.25, 0.3) is 5.91 Å². The van der Waals surface area contributed by atoms with E-state index in [0.717, 1.165) is 12.0 Å². The Labute approximate surface area is 143 Å². The number of aromatic amines is 1. The summed E-state index contributed by atoms with van der Waals surface area (Å²) in [6.45, 7) is 3.35. The van der Waals surface area contributed by atoms with E-state index in [9.17, 15) is 4.79 Å². The number of carbonyl (C=O) groups is 1. The zero-order chi connectivity index (χ0) is 16.7. The highest BCUT2D eigenvalue weighted by molar-refractivity contribution is 6.51. The van der Waals surface area contributed by atoms with E-state index in [4.69, 9.17) is 27.9 Å². The number of halogens is 2. The van der Waals surface area contributed by atoms with Crippen LogP contribution in [0.4, 0.5) is 5.95 Å². The Morgan fingerprint density at radius 2 is 2.04 bits per heavy atom. The van der Waals surface area contributed by atoms with Gasteiger partial charge < -0.3 is 4.74 Å². The second-order valence-electron chi connectivity index (χ2n) is 5.99. The number of anilines is 1. The standard InChI is InChI=1S/C15H16Cl2N4O2/c1-14(2,12(22)20-13-18-8-19-21-13)23-10-5-3-9(4-6-10)11-7-15(11,16)17/h3-6,8,11H,7H2,1-2H3,(H2,18,19,20,21,22). The second-order valence-corrected chi connectivity index (χ2v) is 7.53. The first-order chi connectivity index (χ1) is 10.8. The fraction of sp³-hybridized carbons (Fsp3) is 0.400. The Morgan fingerprint density at radius 3 is 2.57 bits per heavy atom. The summed E-state index contributed by atoms with van der Waals surface area (Å²) in [5.74, 6) is 0.682. The normalized spacial score (nSPS) is 19.2. The van der Waals surface area contributed by atoms with Gasteiger partial charge in [0.1, 0.15) is 16.4 Å². The lowest BCUT2D eigenvalue weighted by Gasteiger charge is -2.24. The van der Waals surface area contributed by atoms with Gasteiger partial charge in [-0.1, -0.05) is 12.1 Å². The van der Waals surface area contributed by atoms with Gasteiger partial charge in [0.05, 0.1) is 0 Å². The van der Waals surface area contributed by atoms with Gasteiger partial charge in [-0.3, -0.25) is 10.1 Å². The maximum absolute atomic E-state index is 12.2. The first-order valence-electron chi connectivity index (χ1n) is 7.11. The molecule has 0 radical (unpaired) electrons. The van der Waals surface area contributed by atoms with Crippen LogP contribution in [-0.2, 0) is 4.79 Å². The minimum Gasteiger partial charge on any atom is -0.478 e. The molecule has 0 saturated heterocycles. The summed E-state index contributed by atoms with van der Waals surface area (Å²) in [6, 6.07) is 7.44. The van der Waals surface area contributed by atoms with E-state index < -0.39 is 9.93 Å². The number of rotatable bonds is 5. The number of benzene rings is 1. The van der Waals surface area contributed by atoms with Gasteiger partial charge in [0.2, 0.25) is 5.95 Å². The van der Waals surface area contributed by atoms with Crippen LogP contribution in [0.25, 0.3) is 0 Å². The maximum atomic E-state index is 12.2. The smallest absolute Gasteiger partial charge is 0.270 e. The molecule has 122 valence electrons. The van der Waals surface area contributed by atoms with Crippen LogP contribution in [0.3, 0.4) is 0 Å². The summed E-state index contributed by atoms with van der Waals surface area (Å²) < 4.78 is 5.13. The lowest BCUT2D eigenvalue weighted by molar-refractivity contribution is -0.128. The van der Waals surface area contributed by atoms with Gasteiger partial charge in [0, 0.05) is 5.92 Å². The highest BCUT2D eigenvalue weighted by Gasteiger charge is 2.52. The molecule has 0 spiro atoms. The Balaban J connectivity index is 1.64. The lowest BCUT2D eigenvalue weighted by atomic mass is 10.1. The summed E-state index contributed by atoms with van der Waals surface area (Å²) in [5, 5.41) is 8.84. The summed E-state index contributed by atoms with van der Waals surface area (Å²) in [5.41, 5.74) is -0.0114. The molecular formula is C15H16Cl2N4O2. The molecule has 23 heavy (non-hydrogen) atoms. The Morgan fingerprint density at radius 1 is 1.39 bits per heavy atom. The van der Waals surface area contributed by atoms with Crippen LogP contribution in [0.5, 0.6) is 5.75 Å². The monoisotopic (exact) mass is 354 g/mol. The van der Waals surface area contributed by atoms with Gasteiger partial charge in [-0.15, -0.1) is 23.2 Å². The lowest BCUT2D eigenvalue weighted by Crippen LogP contribution is -2.42. The minimum atomic E-state index is -1.07. The SMILES string of the molecule is CC(C)(Oc1ccc(C2CC2(Cl)Cl)cc1)C(=O)Nc1ncn[nH]1. The molecule has 8 heteroatoms. The molecule has 2 N–H and O–H groups in total. The molecule has 2 aromatic rings. The number of ether oxygens (including phenoxy) is 1. The van der Waals surface area contributed by atoms with Gasteiger partial charge in [0.15, 0.2) is 5.60 Å². The predicted octanol–water partition coefficient (Wildman–Crippen LogP) is 3.26. The molecule has 3 rings (SSSR count). The van der Waals surface area contributed by atoms with Crippen molar-refractivity contribution in [2.24, 2.45) is 0 Å². The third kappa shape index (κ3) is 3.59. The Hall–Kier alpha value is -1.79. The molecule has 1 unspecified atom stereocenters. The molecular weight excluding hydrogens is 339 g/mol. The molecule has 1 heterocycles. The van der Waals surface area contributed by atoms with Crippen molar-refractivity contribution in [3.63, 3.8) is 0 Å². The fourth-order valence-electron chi connectivity index (χ4n) is 2.21. The van der Waals surface area contributed by atoms with Crippen LogP contribution >= 0.6 is 23.2 Å². The number of amides is 1. The molecule has 1 aromatic carbocycles. The van der Waals surface area contributed by atoms with Crippen LogP contribution in [0, 0.1) is 0 Å². The van der Waals surface area contributed by atoms with E-state index in [0.29, 0.717) is 5.75 Å². The molecule has 1 fully saturated rings. The Kier molecular flexibility index (Phi) is 3.98. The van der Waals surface area contributed by atoms with Crippen LogP contribution < -0.4 is 10.1 Å². The molecule has 6 nitrogen and oxygen atoms in total. The predicted molar refractivity (Wildman–Crippen MR) is 88.0 cm³/mol. The molecule has 1 aliphatic rings. The number of aromatic nitrogens is 3. The maximum Gasteiger partial charge on any atom is 0.270 e. The van der Waals surface area contributed by atoms with E-state index in [-0.39, 0.29) is 17.8 Å². The van der Waals surface area contributed by atoms with Crippen molar-refractivity contribution in [3.05, 3.63) is 36.2 Å². The van der Waals surface area contributed by atoms with Crippen molar-refractivity contribution in [2.75, 3.05) is 5.32 Å². The topological polar surface area (TPSA) is 79.9 Å². The molecule has 1 atom stereocenters. The third-order valence-corrected chi connectivity index (χ3v) is 4.51. The largest absolute Gasteiger partial charge is 0.478 e. The highest BCUT2D eigenvalue weighted by atomic mass is 35.5. The molecule has 1 aliphatic carbocycles. The van der Waals surface area contributed by atoms with Crippen molar-refractivity contribution in [2.45, 2.75) is 36.1 Å². The first kappa shape index (κ1) is 16.1. The van der Waals surface area contributed by atoms with Crippen molar-refractivity contribution in [3.8, 4) is 5.75 Å². The number of nitrogens with zero attached hydrogens (tertiary/aromatic N) is 2. The van der Waals surface area contributed by atoms with Crippen molar-refractivity contribution in [1.29, 1.82) is 0 Å². The quantitative estimate of drug-likeness (QED) is 0.807. The number of H-pyrrole nitrogens is 1. The van der Waals surface area contributed by atoms with Crippen molar-refractivity contribution >= 4 is 35.1 Å². The molecule has 0 bridgehead atoms. The Bertz CT molecular complexity index is 699. The van der Waals surface area contributed by atoms with Gasteiger partial charge >= 0.3 is 0 Å². The number of alkyl halides is 2. The van der Waals surface area contributed by atoms with E-state index >= 15 is 0 Å². The fourth-order valence-corrected chi connectivity index (χ4v) is 2.77. The molecule has 1 aromatic heterocycles. The number of hydrogen-bond donors (Lipinski definition) is 2. The number of nitrogens with one attached hydrogen (secondary N) is 2. The van der Waals surface area contributed by atoms with E-state index in [1.807, 2.05) is 12.1 Å².